The third-order valence-electron chi connectivity index (χ3n) is 5.20. The fourth-order valence-electron chi connectivity index (χ4n) is 3.97. The lowest BCUT2D eigenvalue weighted by atomic mass is 10.0. The van der Waals surface area contributed by atoms with Gasteiger partial charge in [-0.05, 0) is 44.1 Å². The van der Waals surface area contributed by atoms with Crippen LogP contribution in [-0.4, -0.2) is 28.0 Å². The molecule has 2 fully saturated rings. The normalized spacial score (nSPS) is 25.9. The Kier molecular flexibility index (Phi) is 3.43. The van der Waals surface area contributed by atoms with Gasteiger partial charge in [-0.2, -0.15) is 0 Å². The zero-order valence-corrected chi connectivity index (χ0v) is 14.1. The molecule has 3 heterocycles. The van der Waals surface area contributed by atoms with Crippen LogP contribution in [0.1, 0.15) is 35.5 Å². The van der Waals surface area contributed by atoms with Crippen LogP contribution < -0.4 is 0 Å². The molecule has 1 saturated carbocycles. The number of halogens is 1. The summed E-state index contributed by atoms with van der Waals surface area (Å²) < 4.78 is 0. The van der Waals surface area contributed by atoms with Crippen molar-refractivity contribution in [3.05, 3.63) is 21.4 Å². The van der Waals surface area contributed by atoms with Crippen molar-refractivity contribution in [3.8, 4) is 0 Å². The van der Waals surface area contributed by atoms with Crippen LogP contribution in [0.2, 0.25) is 5.15 Å². The Morgan fingerprint density at radius 2 is 1.90 bits per heavy atom. The minimum absolute atomic E-state index is 0.622. The molecule has 2 aliphatic rings. The van der Waals surface area contributed by atoms with Crippen LogP contribution in [0.3, 0.4) is 0 Å². The van der Waals surface area contributed by atoms with Crippen molar-refractivity contribution in [1.82, 2.24) is 14.9 Å². The topological polar surface area (TPSA) is 29.0 Å². The zero-order chi connectivity index (χ0) is 14.6. The van der Waals surface area contributed by atoms with Crippen molar-refractivity contribution in [2.24, 2.45) is 11.8 Å². The molecule has 2 aromatic heterocycles. The van der Waals surface area contributed by atoms with E-state index in [-0.39, 0.29) is 0 Å². The summed E-state index contributed by atoms with van der Waals surface area (Å²) in [6.45, 7) is 7.50. The number of aryl methyl sites for hydroxylation is 2. The van der Waals surface area contributed by atoms with Crippen molar-refractivity contribution in [1.29, 1.82) is 0 Å². The molecule has 2 atom stereocenters. The minimum Gasteiger partial charge on any atom is -0.295 e. The molecule has 1 saturated heterocycles. The molecule has 2 aromatic rings. The highest BCUT2D eigenvalue weighted by Gasteiger charge is 2.36. The van der Waals surface area contributed by atoms with Crippen molar-refractivity contribution in [2.75, 3.05) is 13.1 Å². The van der Waals surface area contributed by atoms with Crippen LogP contribution in [0.25, 0.3) is 10.2 Å². The maximum atomic E-state index is 6.40. The van der Waals surface area contributed by atoms with Gasteiger partial charge in [-0.1, -0.05) is 18.0 Å². The lowest BCUT2D eigenvalue weighted by Gasteiger charge is -2.15. The van der Waals surface area contributed by atoms with Gasteiger partial charge in [0.05, 0.1) is 11.9 Å². The van der Waals surface area contributed by atoms with Crippen LogP contribution in [0.4, 0.5) is 0 Å². The van der Waals surface area contributed by atoms with E-state index in [1.165, 1.54) is 42.8 Å². The monoisotopic (exact) mass is 321 g/mol. The summed E-state index contributed by atoms with van der Waals surface area (Å²) in [5.74, 6) is 2.71. The fourth-order valence-corrected chi connectivity index (χ4v) is 5.41. The fraction of sp³-hybridized carbons (Fsp3) is 0.625. The first kappa shape index (κ1) is 13.9. The quantitative estimate of drug-likeness (QED) is 0.776. The van der Waals surface area contributed by atoms with Crippen molar-refractivity contribution in [2.45, 2.75) is 39.7 Å². The first-order chi connectivity index (χ1) is 10.1. The number of thiophene rings is 1. The first-order valence-electron chi connectivity index (χ1n) is 7.76. The molecule has 2 unspecified atom stereocenters. The van der Waals surface area contributed by atoms with Gasteiger partial charge in [0.25, 0.3) is 0 Å². The van der Waals surface area contributed by atoms with Gasteiger partial charge in [0.1, 0.15) is 15.8 Å². The Labute approximate surface area is 134 Å². The van der Waals surface area contributed by atoms with E-state index in [0.717, 1.165) is 34.4 Å². The molecule has 21 heavy (non-hydrogen) atoms. The van der Waals surface area contributed by atoms with Crippen LogP contribution in [-0.2, 0) is 6.54 Å². The Balaban J connectivity index is 1.60. The van der Waals surface area contributed by atoms with Crippen LogP contribution in [0, 0.1) is 25.7 Å². The van der Waals surface area contributed by atoms with Crippen molar-refractivity contribution < 1.29 is 0 Å². The summed E-state index contributed by atoms with van der Waals surface area (Å²) in [7, 11) is 0. The van der Waals surface area contributed by atoms with E-state index in [9.17, 15) is 0 Å². The second-order valence-electron chi connectivity index (χ2n) is 6.54. The zero-order valence-electron chi connectivity index (χ0n) is 12.5. The highest BCUT2D eigenvalue weighted by molar-refractivity contribution is 7.18. The molecule has 0 N–H and O–H groups in total. The van der Waals surface area contributed by atoms with E-state index in [0.29, 0.717) is 5.15 Å². The number of nitrogens with zero attached hydrogens (tertiary/aromatic N) is 3. The van der Waals surface area contributed by atoms with Gasteiger partial charge in [0.15, 0.2) is 0 Å². The largest absolute Gasteiger partial charge is 0.295 e. The number of fused-ring (bicyclic) bond motifs is 2. The van der Waals surface area contributed by atoms with E-state index in [2.05, 4.69) is 23.7 Å². The predicted octanol–water partition coefficient (Wildman–Crippen LogP) is 4.19. The van der Waals surface area contributed by atoms with Crippen molar-refractivity contribution >= 4 is 33.2 Å². The molecule has 112 valence electrons. The number of hydrogen-bond acceptors (Lipinski definition) is 4. The predicted molar refractivity (Wildman–Crippen MR) is 88.0 cm³/mol. The Bertz CT molecular complexity index is 684. The third kappa shape index (κ3) is 2.37. The van der Waals surface area contributed by atoms with E-state index in [1.54, 1.807) is 11.3 Å². The highest BCUT2D eigenvalue weighted by atomic mass is 35.5. The van der Waals surface area contributed by atoms with Crippen LogP contribution >= 0.6 is 22.9 Å². The molecule has 0 amide bonds. The summed E-state index contributed by atoms with van der Waals surface area (Å²) in [4.78, 5) is 14.1. The minimum atomic E-state index is 0.622. The highest BCUT2D eigenvalue weighted by Crippen LogP contribution is 2.38. The van der Waals surface area contributed by atoms with Gasteiger partial charge in [0.2, 0.25) is 0 Å². The van der Waals surface area contributed by atoms with Crippen LogP contribution in [0.15, 0.2) is 0 Å². The maximum absolute atomic E-state index is 6.40. The van der Waals surface area contributed by atoms with Gasteiger partial charge in [-0.15, -0.1) is 11.3 Å². The summed E-state index contributed by atoms with van der Waals surface area (Å²) >= 11 is 8.13. The number of hydrogen-bond donors (Lipinski definition) is 0. The molecule has 0 aromatic carbocycles. The Morgan fingerprint density at radius 3 is 2.62 bits per heavy atom. The van der Waals surface area contributed by atoms with Gasteiger partial charge < -0.3 is 0 Å². The van der Waals surface area contributed by atoms with Gasteiger partial charge in [-0.3, -0.25) is 4.90 Å². The van der Waals surface area contributed by atoms with Gasteiger partial charge in [0, 0.05) is 18.0 Å². The first-order valence-corrected chi connectivity index (χ1v) is 8.95. The molecule has 0 spiro atoms. The summed E-state index contributed by atoms with van der Waals surface area (Å²) in [6.07, 6.45) is 4.24. The molecule has 1 aliphatic carbocycles. The number of aromatic nitrogens is 2. The van der Waals surface area contributed by atoms with E-state index in [4.69, 9.17) is 16.6 Å². The molecule has 4 rings (SSSR count). The summed E-state index contributed by atoms with van der Waals surface area (Å²) in [5, 5.41) is 1.66. The van der Waals surface area contributed by atoms with Gasteiger partial charge in [-0.25, -0.2) is 9.97 Å². The second-order valence-corrected chi connectivity index (χ2v) is 8.10. The lowest BCUT2D eigenvalue weighted by Crippen LogP contribution is -2.22. The number of rotatable bonds is 2. The Hall–Kier alpha value is -0.710. The van der Waals surface area contributed by atoms with E-state index < -0.39 is 0 Å². The standard InChI is InChI=1S/C16H20ClN3S/c1-9-10(2)21-16-14(9)15(17)18-13(19-16)8-20-6-11-4-3-5-12(11)7-20/h11-12H,3-8H2,1-2H3. The second kappa shape index (κ2) is 5.18. The molecule has 5 heteroatoms. The van der Waals surface area contributed by atoms with E-state index >= 15 is 0 Å². The smallest absolute Gasteiger partial charge is 0.145 e. The Morgan fingerprint density at radius 1 is 1.19 bits per heavy atom. The molecular weight excluding hydrogens is 302 g/mol. The van der Waals surface area contributed by atoms with Crippen LogP contribution in [0.5, 0.6) is 0 Å². The molecular formula is C16H20ClN3S. The van der Waals surface area contributed by atoms with E-state index in [1.807, 2.05) is 0 Å². The lowest BCUT2D eigenvalue weighted by molar-refractivity contribution is 0.296. The molecule has 0 radical (unpaired) electrons. The molecule has 1 aliphatic heterocycles. The summed E-state index contributed by atoms with van der Waals surface area (Å²) in [5.41, 5.74) is 1.22. The average molecular weight is 322 g/mol. The number of likely N-dealkylation sites (tertiary alicyclic amines) is 1. The van der Waals surface area contributed by atoms with Crippen molar-refractivity contribution in [3.63, 3.8) is 0 Å². The third-order valence-corrected chi connectivity index (χ3v) is 6.57. The molecule has 3 nitrogen and oxygen atoms in total. The SMILES string of the molecule is Cc1sc2nc(CN3CC4CCCC4C3)nc(Cl)c2c1C. The molecule has 0 bridgehead atoms. The van der Waals surface area contributed by atoms with Gasteiger partial charge >= 0.3 is 0 Å². The summed E-state index contributed by atoms with van der Waals surface area (Å²) in [6, 6.07) is 0. The maximum Gasteiger partial charge on any atom is 0.145 e. The average Bonchev–Trinajstić information content (AvgIpc) is 3.04.